The van der Waals surface area contributed by atoms with Crippen LogP contribution in [0.15, 0.2) is 0 Å². The van der Waals surface area contributed by atoms with E-state index in [1.165, 1.54) is 58.7 Å². The monoisotopic (exact) mass is 265 g/mol. The molecule has 0 aromatic rings. The standard InChI is InChI=1S/C16H31N3/c1-13(2)18-6-4-16(5-7-18)19-11-15(12-19)10-17-8-14(3)9-17/h13-16H,4-12H2,1-3H3. The molecule has 0 bridgehead atoms. The lowest BCUT2D eigenvalue weighted by Crippen LogP contribution is -2.59. The van der Waals surface area contributed by atoms with Crippen molar-refractivity contribution >= 4 is 0 Å². The normalized spacial score (nSPS) is 29.7. The van der Waals surface area contributed by atoms with Gasteiger partial charge in [0.15, 0.2) is 0 Å². The van der Waals surface area contributed by atoms with Crippen LogP contribution in [-0.2, 0) is 0 Å². The maximum Gasteiger partial charge on any atom is 0.0120 e. The minimum atomic E-state index is 0.735. The lowest BCUT2D eigenvalue weighted by molar-refractivity contribution is -0.0156. The zero-order valence-electron chi connectivity index (χ0n) is 13.0. The van der Waals surface area contributed by atoms with Gasteiger partial charge in [-0.3, -0.25) is 4.90 Å². The molecule has 3 nitrogen and oxygen atoms in total. The molecule has 3 aliphatic rings. The van der Waals surface area contributed by atoms with E-state index in [1.54, 1.807) is 0 Å². The Hall–Kier alpha value is -0.120. The first-order valence-electron chi connectivity index (χ1n) is 8.32. The van der Waals surface area contributed by atoms with Crippen molar-refractivity contribution in [3.8, 4) is 0 Å². The number of hydrogen-bond acceptors (Lipinski definition) is 3. The molecule has 0 spiro atoms. The quantitative estimate of drug-likeness (QED) is 0.767. The molecule has 0 N–H and O–H groups in total. The highest BCUT2D eigenvalue weighted by Gasteiger charge is 2.36. The van der Waals surface area contributed by atoms with E-state index in [-0.39, 0.29) is 0 Å². The lowest BCUT2D eigenvalue weighted by atomic mass is 9.91. The predicted octanol–water partition coefficient (Wildman–Crippen LogP) is 1.74. The number of rotatable bonds is 4. The molecule has 0 unspecified atom stereocenters. The van der Waals surface area contributed by atoms with Gasteiger partial charge in [-0.15, -0.1) is 0 Å². The molecule has 19 heavy (non-hydrogen) atoms. The molecule has 3 heterocycles. The molecule has 110 valence electrons. The second-order valence-electron chi connectivity index (χ2n) is 7.50. The van der Waals surface area contributed by atoms with Gasteiger partial charge < -0.3 is 9.80 Å². The molecule has 3 aliphatic heterocycles. The highest BCUT2D eigenvalue weighted by atomic mass is 15.3. The highest BCUT2D eigenvalue weighted by Crippen LogP contribution is 2.27. The van der Waals surface area contributed by atoms with Gasteiger partial charge in [0.05, 0.1) is 0 Å². The molecular formula is C16H31N3. The predicted molar refractivity (Wildman–Crippen MR) is 80.4 cm³/mol. The van der Waals surface area contributed by atoms with Crippen LogP contribution in [0, 0.1) is 11.8 Å². The Morgan fingerprint density at radius 1 is 1.00 bits per heavy atom. The van der Waals surface area contributed by atoms with E-state index in [0.717, 1.165) is 23.9 Å². The summed E-state index contributed by atoms with van der Waals surface area (Å²) in [6.07, 6.45) is 2.79. The first-order valence-corrected chi connectivity index (χ1v) is 8.32. The molecule has 0 amide bonds. The van der Waals surface area contributed by atoms with Gasteiger partial charge >= 0.3 is 0 Å². The maximum absolute atomic E-state index is 2.76. The van der Waals surface area contributed by atoms with Gasteiger partial charge in [0, 0.05) is 44.8 Å². The minimum absolute atomic E-state index is 0.735. The van der Waals surface area contributed by atoms with Gasteiger partial charge in [0.25, 0.3) is 0 Å². The SMILES string of the molecule is CC1CN(CC2CN(C3CCN(C(C)C)CC3)C2)C1. The summed E-state index contributed by atoms with van der Waals surface area (Å²) in [4.78, 5) is 8.04. The molecule has 0 aliphatic carbocycles. The van der Waals surface area contributed by atoms with Gasteiger partial charge in [-0.2, -0.15) is 0 Å². The Morgan fingerprint density at radius 3 is 2.16 bits per heavy atom. The van der Waals surface area contributed by atoms with Crippen LogP contribution in [-0.4, -0.2) is 72.6 Å². The van der Waals surface area contributed by atoms with Crippen LogP contribution in [0.5, 0.6) is 0 Å². The molecule has 0 aromatic carbocycles. The number of piperidine rings is 1. The van der Waals surface area contributed by atoms with Crippen LogP contribution in [0.4, 0.5) is 0 Å². The number of likely N-dealkylation sites (tertiary alicyclic amines) is 3. The molecule has 3 fully saturated rings. The molecule has 3 saturated heterocycles. The van der Waals surface area contributed by atoms with Crippen LogP contribution in [0.2, 0.25) is 0 Å². The van der Waals surface area contributed by atoms with Crippen LogP contribution in [0.1, 0.15) is 33.6 Å². The average Bonchev–Trinajstić information content (AvgIpc) is 2.30. The maximum atomic E-state index is 2.76. The topological polar surface area (TPSA) is 9.72 Å². The van der Waals surface area contributed by atoms with Gasteiger partial charge in [-0.05, 0) is 51.6 Å². The molecule has 0 atom stereocenters. The minimum Gasteiger partial charge on any atom is -0.302 e. The van der Waals surface area contributed by atoms with E-state index in [4.69, 9.17) is 0 Å². The van der Waals surface area contributed by atoms with Crippen molar-refractivity contribution in [2.45, 2.75) is 45.7 Å². The van der Waals surface area contributed by atoms with Crippen molar-refractivity contribution in [2.24, 2.45) is 11.8 Å². The highest BCUT2D eigenvalue weighted by molar-refractivity contribution is 4.91. The third-order valence-electron chi connectivity index (χ3n) is 5.39. The van der Waals surface area contributed by atoms with Crippen molar-refractivity contribution in [1.82, 2.24) is 14.7 Å². The summed E-state index contributed by atoms with van der Waals surface area (Å²) in [7, 11) is 0. The Bertz CT molecular complexity index is 284. The first-order chi connectivity index (χ1) is 9.11. The van der Waals surface area contributed by atoms with Crippen LogP contribution in [0.25, 0.3) is 0 Å². The van der Waals surface area contributed by atoms with E-state index in [1.807, 2.05) is 0 Å². The third-order valence-corrected chi connectivity index (χ3v) is 5.39. The van der Waals surface area contributed by atoms with Crippen LogP contribution >= 0.6 is 0 Å². The molecular weight excluding hydrogens is 234 g/mol. The van der Waals surface area contributed by atoms with Crippen molar-refractivity contribution in [3.63, 3.8) is 0 Å². The number of nitrogens with zero attached hydrogens (tertiary/aromatic N) is 3. The Balaban J connectivity index is 1.33. The fraction of sp³-hybridized carbons (Fsp3) is 1.00. The molecule has 0 saturated carbocycles. The molecule has 0 aromatic heterocycles. The summed E-state index contributed by atoms with van der Waals surface area (Å²) in [5, 5.41) is 0. The van der Waals surface area contributed by atoms with E-state index in [0.29, 0.717) is 0 Å². The molecule has 3 heteroatoms. The van der Waals surface area contributed by atoms with E-state index >= 15 is 0 Å². The van der Waals surface area contributed by atoms with Crippen molar-refractivity contribution < 1.29 is 0 Å². The van der Waals surface area contributed by atoms with E-state index < -0.39 is 0 Å². The van der Waals surface area contributed by atoms with Gasteiger partial charge in [0.1, 0.15) is 0 Å². The molecule has 3 rings (SSSR count). The summed E-state index contributed by atoms with van der Waals surface area (Å²) >= 11 is 0. The smallest absolute Gasteiger partial charge is 0.0120 e. The summed E-state index contributed by atoms with van der Waals surface area (Å²) in [5.41, 5.74) is 0. The van der Waals surface area contributed by atoms with Crippen LogP contribution in [0.3, 0.4) is 0 Å². The van der Waals surface area contributed by atoms with Crippen LogP contribution < -0.4 is 0 Å². The third kappa shape index (κ3) is 3.14. The Kier molecular flexibility index (Phi) is 4.16. The Morgan fingerprint density at radius 2 is 1.63 bits per heavy atom. The van der Waals surface area contributed by atoms with Gasteiger partial charge in [-0.1, -0.05) is 6.92 Å². The number of hydrogen-bond donors (Lipinski definition) is 0. The van der Waals surface area contributed by atoms with Crippen molar-refractivity contribution in [1.29, 1.82) is 0 Å². The molecule has 0 radical (unpaired) electrons. The summed E-state index contributed by atoms with van der Waals surface area (Å²) in [6, 6.07) is 1.63. The average molecular weight is 265 g/mol. The van der Waals surface area contributed by atoms with Gasteiger partial charge in [-0.25, -0.2) is 0 Å². The first kappa shape index (κ1) is 13.8. The van der Waals surface area contributed by atoms with E-state index in [2.05, 4.69) is 35.5 Å². The second kappa shape index (κ2) is 5.71. The van der Waals surface area contributed by atoms with Crippen molar-refractivity contribution in [3.05, 3.63) is 0 Å². The summed E-state index contributed by atoms with van der Waals surface area (Å²) in [6.45, 7) is 16.5. The fourth-order valence-electron chi connectivity index (χ4n) is 4.13. The lowest BCUT2D eigenvalue weighted by Gasteiger charge is -2.50. The van der Waals surface area contributed by atoms with E-state index in [9.17, 15) is 0 Å². The largest absolute Gasteiger partial charge is 0.302 e. The summed E-state index contributed by atoms with van der Waals surface area (Å²) in [5.74, 6) is 1.92. The summed E-state index contributed by atoms with van der Waals surface area (Å²) < 4.78 is 0. The van der Waals surface area contributed by atoms with Gasteiger partial charge in [0.2, 0.25) is 0 Å². The van der Waals surface area contributed by atoms with Crippen molar-refractivity contribution in [2.75, 3.05) is 45.8 Å². The second-order valence-corrected chi connectivity index (χ2v) is 7.50. The Labute approximate surface area is 118 Å². The zero-order chi connectivity index (χ0) is 13.4. The fourth-order valence-corrected chi connectivity index (χ4v) is 4.13. The zero-order valence-corrected chi connectivity index (χ0v) is 13.0.